The minimum absolute atomic E-state index is 0.0102. The van der Waals surface area contributed by atoms with E-state index in [2.05, 4.69) is 15.0 Å². The highest BCUT2D eigenvalue weighted by Gasteiger charge is 2.25. The van der Waals surface area contributed by atoms with E-state index in [1.807, 2.05) is 22.6 Å². The second-order valence-corrected chi connectivity index (χ2v) is 9.78. The number of amides is 1. The van der Waals surface area contributed by atoms with Gasteiger partial charge in [0.2, 0.25) is 15.7 Å². The number of carboxylic acids is 1. The maximum absolute atomic E-state index is 13.3. The van der Waals surface area contributed by atoms with Crippen LogP contribution in [0.5, 0.6) is 0 Å². The number of benzene rings is 1. The van der Waals surface area contributed by atoms with E-state index in [1.54, 1.807) is 6.07 Å². The van der Waals surface area contributed by atoms with Gasteiger partial charge < -0.3 is 14.8 Å². The number of fused-ring (bicyclic) bond motifs is 1. The molecule has 3 rings (SSSR count). The van der Waals surface area contributed by atoms with Gasteiger partial charge in [0, 0.05) is 29.1 Å². The molecule has 0 aliphatic carbocycles. The van der Waals surface area contributed by atoms with Crippen molar-refractivity contribution in [2.45, 2.75) is 18.6 Å². The molecule has 32 heavy (non-hydrogen) atoms. The van der Waals surface area contributed by atoms with Crippen LogP contribution in [0.25, 0.3) is 22.4 Å². The number of furan rings is 1. The van der Waals surface area contributed by atoms with E-state index in [0.717, 1.165) is 0 Å². The van der Waals surface area contributed by atoms with Crippen LogP contribution in [0.3, 0.4) is 0 Å². The van der Waals surface area contributed by atoms with Crippen molar-refractivity contribution in [3.05, 3.63) is 51.0 Å². The van der Waals surface area contributed by atoms with Crippen LogP contribution in [0.1, 0.15) is 28.9 Å². The molecule has 3 N–H and O–H groups in total. The Labute approximate surface area is 196 Å². The number of nitrogens with zero attached hydrogens (tertiary/aromatic N) is 1. The van der Waals surface area contributed by atoms with Crippen LogP contribution < -0.4 is 10.0 Å². The van der Waals surface area contributed by atoms with E-state index in [0.29, 0.717) is 14.5 Å². The molecule has 0 saturated heterocycles. The molecular formula is C20H19FIN3O6S. The van der Waals surface area contributed by atoms with Gasteiger partial charge >= 0.3 is 5.97 Å². The molecule has 0 aliphatic rings. The molecule has 1 aromatic carbocycles. The molecule has 0 aliphatic heterocycles. The van der Waals surface area contributed by atoms with Gasteiger partial charge in [-0.05, 0) is 59.3 Å². The average molecular weight is 575 g/mol. The van der Waals surface area contributed by atoms with Crippen molar-refractivity contribution in [1.29, 1.82) is 0 Å². The van der Waals surface area contributed by atoms with Crippen molar-refractivity contribution in [3.63, 3.8) is 0 Å². The first kappa shape index (κ1) is 24.1. The van der Waals surface area contributed by atoms with Crippen molar-refractivity contribution >= 4 is 55.6 Å². The van der Waals surface area contributed by atoms with Crippen molar-refractivity contribution < 1.29 is 31.9 Å². The first-order valence-electron chi connectivity index (χ1n) is 9.40. The number of sulfonamides is 1. The van der Waals surface area contributed by atoms with Gasteiger partial charge in [-0.3, -0.25) is 9.59 Å². The third-order valence-corrected chi connectivity index (χ3v) is 6.72. The summed E-state index contributed by atoms with van der Waals surface area (Å²) in [5, 5.41) is 11.6. The van der Waals surface area contributed by atoms with E-state index in [-0.39, 0.29) is 42.1 Å². The summed E-state index contributed by atoms with van der Waals surface area (Å²) in [6.45, 7) is -0.0102. The number of carbonyl (C=O) groups is 2. The molecule has 2 aromatic heterocycles. The summed E-state index contributed by atoms with van der Waals surface area (Å²) in [5.41, 5.74) is 0.958. The van der Waals surface area contributed by atoms with E-state index in [4.69, 9.17) is 9.52 Å². The molecule has 3 aromatic rings. The monoisotopic (exact) mass is 575 g/mol. The second-order valence-electron chi connectivity index (χ2n) is 6.81. The highest BCUT2D eigenvalue weighted by Crippen LogP contribution is 2.34. The Hall–Kier alpha value is -2.58. The largest absolute Gasteiger partial charge is 0.481 e. The molecule has 1 amide bonds. The fourth-order valence-electron chi connectivity index (χ4n) is 2.99. The fourth-order valence-corrected chi connectivity index (χ4v) is 5.01. The number of nitrogens with one attached hydrogen (secondary N) is 2. The third kappa shape index (κ3) is 5.61. The number of pyridine rings is 1. The minimum Gasteiger partial charge on any atom is -0.481 e. The lowest BCUT2D eigenvalue weighted by Crippen LogP contribution is -2.27. The normalized spacial score (nSPS) is 11.6. The summed E-state index contributed by atoms with van der Waals surface area (Å²) >= 11 is 1.93. The number of hydrogen-bond donors (Lipinski definition) is 3. The van der Waals surface area contributed by atoms with Crippen LogP contribution in [0.2, 0.25) is 0 Å². The molecule has 12 heteroatoms. The lowest BCUT2D eigenvalue weighted by molar-refractivity contribution is -0.137. The Morgan fingerprint density at radius 3 is 2.56 bits per heavy atom. The van der Waals surface area contributed by atoms with Gasteiger partial charge in [0.25, 0.3) is 5.91 Å². The number of carbonyl (C=O) groups excluding carboxylic acids is 1. The number of rotatable bonds is 9. The van der Waals surface area contributed by atoms with Gasteiger partial charge in [0.1, 0.15) is 17.3 Å². The van der Waals surface area contributed by atoms with Crippen LogP contribution in [0, 0.1) is 9.39 Å². The summed E-state index contributed by atoms with van der Waals surface area (Å²) in [5.74, 6) is -2.14. The standard InChI is InChI=1S/C20H19FIN3O6S/c1-23-19(28)17-13-9-14(22)15(10-32(29,30)24-8-2-3-16(26)27)25-20(13)31-18(17)11-4-6-12(21)7-5-11/h4-7,9,24H,2-3,8,10H2,1H3,(H,23,28)(H,26,27). The lowest BCUT2D eigenvalue weighted by Gasteiger charge is -2.07. The Kier molecular flexibility index (Phi) is 7.46. The zero-order valence-corrected chi connectivity index (χ0v) is 19.8. The number of aromatic nitrogens is 1. The SMILES string of the molecule is CNC(=O)c1c(-c2ccc(F)cc2)oc2nc(CS(=O)(=O)NCCCC(=O)O)c(I)cc12. The number of halogens is 2. The maximum atomic E-state index is 13.3. The zero-order chi connectivity index (χ0) is 23.5. The summed E-state index contributed by atoms with van der Waals surface area (Å²) in [4.78, 5) is 27.4. The van der Waals surface area contributed by atoms with Gasteiger partial charge in [-0.2, -0.15) is 0 Å². The Morgan fingerprint density at radius 2 is 1.94 bits per heavy atom. The molecule has 0 fully saturated rings. The predicted molar refractivity (Wildman–Crippen MR) is 123 cm³/mol. The molecule has 0 spiro atoms. The van der Waals surface area contributed by atoms with E-state index < -0.39 is 33.5 Å². The fraction of sp³-hybridized carbons (Fsp3) is 0.250. The molecule has 0 atom stereocenters. The highest BCUT2D eigenvalue weighted by molar-refractivity contribution is 14.1. The van der Waals surface area contributed by atoms with Crippen molar-refractivity contribution in [2.75, 3.05) is 13.6 Å². The van der Waals surface area contributed by atoms with Crippen LogP contribution in [0.4, 0.5) is 4.39 Å². The quantitative estimate of drug-likeness (QED) is 0.264. The summed E-state index contributed by atoms with van der Waals surface area (Å²) in [7, 11) is -2.31. The van der Waals surface area contributed by atoms with Crippen LogP contribution in [0.15, 0.2) is 34.7 Å². The molecule has 170 valence electrons. The predicted octanol–water partition coefficient (Wildman–Crippen LogP) is 2.88. The van der Waals surface area contributed by atoms with Crippen molar-refractivity contribution in [2.24, 2.45) is 0 Å². The van der Waals surface area contributed by atoms with E-state index in [9.17, 15) is 22.4 Å². The Balaban J connectivity index is 1.97. The molecule has 9 nitrogen and oxygen atoms in total. The van der Waals surface area contributed by atoms with Crippen molar-refractivity contribution in [3.8, 4) is 11.3 Å². The number of hydrogen-bond acceptors (Lipinski definition) is 6. The maximum Gasteiger partial charge on any atom is 0.303 e. The van der Waals surface area contributed by atoms with E-state index >= 15 is 0 Å². The number of aliphatic carboxylic acids is 1. The smallest absolute Gasteiger partial charge is 0.303 e. The second kappa shape index (κ2) is 9.92. The highest BCUT2D eigenvalue weighted by atomic mass is 127. The van der Waals surface area contributed by atoms with Gasteiger partial charge in [-0.1, -0.05) is 0 Å². The molecule has 0 saturated carbocycles. The minimum atomic E-state index is -3.78. The topological polar surface area (TPSA) is 139 Å². The van der Waals surface area contributed by atoms with Crippen LogP contribution >= 0.6 is 22.6 Å². The van der Waals surface area contributed by atoms with E-state index in [1.165, 1.54) is 31.3 Å². The molecule has 2 heterocycles. The lowest BCUT2D eigenvalue weighted by atomic mass is 10.1. The zero-order valence-electron chi connectivity index (χ0n) is 16.8. The van der Waals surface area contributed by atoms with Crippen molar-refractivity contribution in [1.82, 2.24) is 15.0 Å². The summed E-state index contributed by atoms with van der Waals surface area (Å²) in [6.07, 6.45) is 0.0118. The summed E-state index contributed by atoms with van der Waals surface area (Å²) < 4.78 is 46.7. The third-order valence-electron chi connectivity index (χ3n) is 4.49. The first-order valence-corrected chi connectivity index (χ1v) is 12.1. The van der Waals surface area contributed by atoms with Crippen LogP contribution in [-0.2, 0) is 20.6 Å². The Bertz CT molecular complexity index is 1270. The van der Waals surface area contributed by atoms with Gasteiger partial charge in [0.05, 0.1) is 16.6 Å². The molecule has 0 radical (unpaired) electrons. The molecule has 0 bridgehead atoms. The van der Waals surface area contributed by atoms with Gasteiger partial charge in [-0.25, -0.2) is 22.5 Å². The molecule has 0 unspecified atom stereocenters. The molecular weight excluding hydrogens is 556 g/mol. The van der Waals surface area contributed by atoms with Crippen LogP contribution in [-0.4, -0.2) is 44.0 Å². The summed E-state index contributed by atoms with van der Waals surface area (Å²) in [6, 6.07) is 7.02. The first-order chi connectivity index (χ1) is 15.1. The van der Waals surface area contributed by atoms with Gasteiger partial charge in [-0.15, -0.1) is 0 Å². The average Bonchev–Trinajstić information content (AvgIpc) is 3.09. The number of carboxylic acid groups (broad SMARTS) is 1. The Morgan fingerprint density at radius 1 is 1.25 bits per heavy atom. The van der Waals surface area contributed by atoms with Gasteiger partial charge in [0.15, 0.2) is 0 Å².